The van der Waals surface area contributed by atoms with Crippen molar-refractivity contribution in [2.45, 2.75) is 87.0 Å². The van der Waals surface area contributed by atoms with Gasteiger partial charge in [-0.05, 0) is 151 Å². The molecule has 1 heteroatoms. The Kier molecular flexibility index (Phi) is 12.1. The maximum absolute atomic E-state index is 7.27. The monoisotopic (exact) mass is 645 g/mol. The van der Waals surface area contributed by atoms with Gasteiger partial charge in [-0.15, -0.1) is 0 Å². The van der Waals surface area contributed by atoms with Gasteiger partial charge in [-0.25, -0.2) is 0 Å². The van der Waals surface area contributed by atoms with Crippen molar-refractivity contribution in [3.05, 3.63) is 157 Å². The van der Waals surface area contributed by atoms with E-state index in [4.69, 9.17) is 5.73 Å². The average Bonchev–Trinajstić information content (AvgIpc) is 3.81. The summed E-state index contributed by atoms with van der Waals surface area (Å²) in [4.78, 5) is 0. The summed E-state index contributed by atoms with van der Waals surface area (Å²) in [5, 5.41) is 2.50. The fourth-order valence-corrected chi connectivity index (χ4v) is 6.95. The van der Waals surface area contributed by atoms with E-state index >= 15 is 0 Å². The molecule has 0 spiro atoms. The first-order valence-corrected chi connectivity index (χ1v) is 18.4. The molecule has 0 heterocycles. The van der Waals surface area contributed by atoms with Crippen molar-refractivity contribution < 1.29 is 0 Å². The van der Waals surface area contributed by atoms with Gasteiger partial charge in [0.25, 0.3) is 0 Å². The standard InChI is InChI=1S/C48H55N/c1-8-13-15-20-35(10-3)37(12-5)30-42(29-34(7)33(6)9-2)40-28-27-39(26-25-38-22-19-18-21-36(38)11-4)48(49)45(31-40)47-44-32-41-23-16-14-17-24-43(41)46(44)47/h8,11-13,16-25,27,29-33H,9-10,14-15,26,28,49H2,1-7H3/b13-8-,34-29+,35-20+,36-11-,37-12+,38-25-,42-30-. The molecule has 0 fully saturated rings. The molecule has 252 valence electrons. The Bertz CT molecular complexity index is 2020. The summed E-state index contributed by atoms with van der Waals surface area (Å²) in [7, 11) is 0. The minimum Gasteiger partial charge on any atom is -0.398 e. The van der Waals surface area contributed by atoms with Gasteiger partial charge in [0.1, 0.15) is 0 Å². The van der Waals surface area contributed by atoms with E-state index in [-0.39, 0.29) is 0 Å². The van der Waals surface area contributed by atoms with Crippen molar-refractivity contribution >= 4 is 29.9 Å². The van der Waals surface area contributed by atoms with E-state index in [0.717, 1.165) is 44.2 Å². The third-order valence-electron chi connectivity index (χ3n) is 10.4. The molecule has 1 aromatic carbocycles. The van der Waals surface area contributed by atoms with Crippen LogP contribution in [0, 0.1) is 5.92 Å². The van der Waals surface area contributed by atoms with Crippen LogP contribution in [0.1, 0.15) is 104 Å². The summed E-state index contributed by atoms with van der Waals surface area (Å²) in [6.45, 7) is 15.5. The Morgan fingerprint density at radius 3 is 2.47 bits per heavy atom. The van der Waals surface area contributed by atoms with E-state index in [1.54, 1.807) is 0 Å². The maximum Gasteiger partial charge on any atom is 0.0426 e. The predicted molar refractivity (Wildman–Crippen MR) is 218 cm³/mol. The van der Waals surface area contributed by atoms with Gasteiger partial charge >= 0.3 is 0 Å². The number of rotatable bonds is 12. The molecule has 2 N–H and O–H groups in total. The quantitative estimate of drug-likeness (QED) is 0.154. The normalized spacial score (nSPS) is 18.1. The molecular weight excluding hydrogens is 591 g/mol. The van der Waals surface area contributed by atoms with Gasteiger partial charge in [0.15, 0.2) is 0 Å². The number of nitrogens with two attached hydrogens (primary N) is 1. The molecule has 0 aromatic heterocycles. The van der Waals surface area contributed by atoms with Crippen LogP contribution in [0.5, 0.6) is 0 Å². The Labute approximate surface area is 296 Å². The minimum absolute atomic E-state index is 0.509. The first-order valence-electron chi connectivity index (χ1n) is 18.4. The topological polar surface area (TPSA) is 26.0 Å². The van der Waals surface area contributed by atoms with Gasteiger partial charge < -0.3 is 5.73 Å². The van der Waals surface area contributed by atoms with Crippen molar-refractivity contribution in [1.29, 1.82) is 0 Å². The predicted octanol–water partition coefficient (Wildman–Crippen LogP) is 11.9. The first-order chi connectivity index (χ1) is 23.8. The van der Waals surface area contributed by atoms with Crippen LogP contribution in [0.2, 0.25) is 0 Å². The summed E-state index contributed by atoms with van der Waals surface area (Å²) in [5.74, 6) is 0.509. The highest BCUT2D eigenvalue weighted by molar-refractivity contribution is 6.12. The summed E-state index contributed by atoms with van der Waals surface area (Å²) < 4.78 is 0. The van der Waals surface area contributed by atoms with Crippen molar-refractivity contribution in [1.82, 2.24) is 0 Å². The second-order valence-electron chi connectivity index (χ2n) is 13.4. The Morgan fingerprint density at radius 2 is 1.76 bits per heavy atom. The number of allylic oxidation sites excluding steroid dienone is 17. The molecule has 0 bridgehead atoms. The molecule has 0 aliphatic heterocycles. The molecule has 0 saturated carbocycles. The van der Waals surface area contributed by atoms with E-state index in [1.807, 2.05) is 0 Å². The number of hydrogen-bond acceptors (Lipinski definition) is 1. The van der Waals surface area contributed by atoms with Crippen LogP contribution >= 0.6 is 0 Å². The zero-order chi connectivity index (χ0) is 34.9. The summed E-state index contributed by atoms with van der Waals surface area (Å²) in [6, 6.07) is 11.0. The third-order valence-corrected chi connectivity index (χ3v) is 10.4. The first kappa shape index (κ1) is 35.7. The highest BCUT2D eigenvalue weighted by atomic mass is 14.6. The van der Waals surface area contributed by atoms with E-state index in [1.165, 1.54) is 77.3 Å². The summed E-state index contributed by atoms with van der Waals surface area (Å²) >= 11 is 0. The average molecular weight is 646 g/mol. The molecular formula is C48H55N. The molecule has 1 unspecified atom stereocenters. The number of fused-ring (bicyclic) bond motifs is 3. The van der Waals surface area contributed by atoms with Crippen LogP contribution in [-0.4, -0.2) is 0 Å². The second-order valence-corrected chi connectivity index (χ2v) is 13.4. The Morgan fingerprint density at radius 1 is 0.980 bits per heavy atom. The molecule has 49 heavy (non-hydrogen) atoms. The van der Waals surface area contributed by atoms with E-state index in [0.29, 0.717) is 5.92 Å². The van der Waals surface area contributed by atoms with Crippen LogP contribution < -0.4 is 16.2 Å². The molecule has 4 aliphatic carbocycles. The van der Waals surface area contributed by atoms with Crippen LogP contribution in [0.25, 0.3) is 41.0 Å². The largest absolute Gasteiger partial charge is 0.398 e. The van der Waals surface area contributed by atoms with Crippen molar-refractivity contribution in [2.24, 2.45) is 11.7 Å². The van der Waals surface area contributed by atoms with Crippen LogP contribution in [-0.2, 0) is 0 Å². The lowest BCUT2D eigenvalue weighted by molar-refractivity contribution is 0.655. The van der Waals surface area contributed by atoms with Crippen LogP contribution in [0.15, 0.2) is 130 Å². The van der Waals surface area contributed by atoms with Crippen molar-refractivity contribution in [3.63, 3.8) is 0 Å². The Balaban J connectivity index is 1.69. The van der Waals surface area contributed by atoms with E-state index < -0.39 is 0 Å². The summed E-state index contributed by atoms with van der Waals surface area (Å²) in [6.07, 6.45) is 37.9. The fraction of sp³-hybridized carbons (Fsp3) is 0.292. The van der Waals surface area contributed by atoms with Gasteiger partial charge in [0, 0.05) is 16.8 Å². The molecule has 0 amide bonds. The zero-order valence-electron chi connectivity index (χ0n) is 30.9. The fourth-order valence-electron chi connectivity index (χ4n) is 6.95. The molecule has 0 saturated heterocycles. The van der Waals surface area contributed by atoms with Crippen molar-refractivity contribution in [2.75, 3.05) is 0 Å². The SMILES string of the molecule is C/C=C\C/C=C(CC)/C(/C=C(/C=C(\C)C(C)CC)C1=CC(c2c3cc4c(c2-3)C=CCC=C4)=C(N)C(C/C=c2/cccc/c2=C/C)=CC1)=C/C. The van der Waals surface area contributed by atoms with Crippen LogP contribution in [0.4, 0.5) is 0 Å². The minimum atomic E-state index is 0.509. The highest BCUT2D eigenvalue weighted by Gasteiger charge is 2.34. The zero-order valence-corrected chi connectivity index (χ0v) is 30.9. The maximum atomic E-state index is 7.27. The Hall–Kier alpha value is -4.62. The van der Waals surface area contributed by atoms with Crippen molar-refractivity contribution in [3.8, 4) is 11.1 Å². The highest BCUT2D eigenvalue weighted by Crippen LogP contribution is 2.55. The van der Waals surface area contributed by atoms with E-state index in [9.17, 15) is 0 Å². The third kappa shape index (κ3) is 8.16. The molecule has 1 aromatic rings. The molecule has 4 aliphatic rings. The molecule has 5 rings (SSSR count). The lowest BCUT2D eigenvalue weighted by Crippen LogP contribution is -2.23. The smallest absolute Gasteiger partial charge is 0.0426 e. The molecule has 0 radical (unpaired) electrons. The van der Waals surface area contributed by atoms with Gasteiger partial charge in [0.2, 0.25) is 0 Å². The molecule has 1 nitrogen and oxygen atoms in total. The summed E-state index contributed by atoms with van der Waals surface area (Å²) in [5.41, 5.74) is 23.9. The van der Waals surface area contributed by atoms with E-state index in [2.05, 4.69) is 164 Å². The second kappa shape index (κ2) is 16.7. The lowest BCUT2D eigenvalue weighted by atomic mass is 9.90. The number of hydrogen-bond donors (Lipinski definition) is 1. The number of benzene rings is 2. The van der Waals surface area contributed by atoms with Gasteiger partial charge in [-0.3, -0.25) is 0 Å². The lowest BCUT2D eigenvalue weighted by Gasteiger charge is -2.15. The van der Waals surface area contributed by atoms with Crippen LogP contribution in [0.3, 0.4) is 0 Å². The van der Waals surface area contributed by atoms with Gasteiger partial charge in [0.05, 0.1) is 0 Å². The molecule has 1 atom stereocenters. The van der Waals surface area contributed by atoms with Gasteiger partial charge in [-0.1, -0.05) is 124 Å². The van der Waals surface area contributed by atoms with Gasteiger partial charge in [-0.2, -0.15) is 0 Å².